The Kier molecular flexibility index (Phi) is 6.14. The summed E-state index contributed by atoms with van der Waals surface area (Å²) in [4.78, 5) is 0. The van der Waals surface area contributed by atoms with Gasteiger partial charge in [-0.15, -0.1) is 0 Å². The van der Waals surface area contributed by atoms with E-state index in [1.54, 1.807) is 0 Å². The standard InChI is InChI=1S/C14H21BrFN/c1-10(2)17-7-6-11(3)8-12-4-5-13(15)9-14(12)16/h4-5,9-11,17H,6-8H2,1-3H3. The molecule has 0 aliphatic carbocycles. The highest BCUT2D eigenvalue weighted by molar-refractivity contribution is 9.10. The second-order valence-electron chi connectivity index (χ2n) is 4.94. The highest BCUT2D eigenvalue weighted by Crippen LogP contribution is 2.19. The third kappa shape index (κ3) is 5.64. The van der Waals surface area contributed by atoms with Crippen molar-refractivity contribution in [2.75, 3.05) is 6.54 Å². The van der Waals surface area contributed by atoms with Crippen molar-refractivity contribution in [1.82, 2.24) is 5.32 Å². The van der Waals surface area contributed by atoms with Crippen LogP contribution < -0.4 is 5.32 Å². The van der Waals surface area contributed by atoms with Gasteiger partial charge >= 0.3 is 0 Å². The maximum absolute atomic E-state index is 13.6. The quantitative estimate of drug-likeness (QED) is 0.832. The number of nitrogens with one attached hydrogen (secondary N) is 1. The molecule has 1 atom stereocenters. The van der Waals surface area contributed by atoms with E-state index in [2.05, 4.69) is 42.0 Å². The minimum absolute atomic E-state index is 0.108. The van der Waals surface area contributed by atoms with Crippen molar-refractivity contribution in [3.05, 3.63) is 34.1 Å². The Morgan fingerprint density at radius 3 is 2.59 bits per heavy atom. The van der Waals surface area contributed by atoms with Crippen molar-refractivity contribution in [2.45, 2.75) is 39.7 Å². The first-order valence-electron chi connectivity index (χ1n) is 6.16. The molecule has 0 saturated carbocycles. The van der Waals surface area contributed by atoms with Gasteiger partial charge in [-0.1, -0.05) is 42.8 Å². The first kappa shape index (κ1) is 14.7. The van der Waals surface area contributed by atoms with Crippen LogP contribution >= 0.6 is 15.9 Å². The summed E-state index contributed by atoms with van der Waals surface area (Å²) in [6.45, 7) is 7.44. The van der Waals surface area contributed by atoms with E-state index < -0.39 is 0 Å². The van der Waals surface area contributed by atoms with Gasteiger partial charge in [-0.25, -0.2) is 4.39 Å². The molecule has 0 heterocycles. The minimum atomic E-state index is -0.108. The van der Waals surface area contributed by atoms with E-state index in [9.17, 15) is 4.39 Å². The van der Waals surface area contributed by atoms with Crippen LogP contribution in [0, 0.1) is 11.7 Å². The highest BCUT2D eigenvalue weighted by Gasteiger charge is 2.08. The fraction of sp³-hybridized carbons (Fsp3) is 0.571. The lowest BCUT2D eigenvalue weighted by Gasteiger charge is -2.14. The maximum atomic E-state index is 13.6. The minimum Gasteiger partial charge on any atom is -0.315 e. The lowest BCUT2D eigenvalue weighted by atomic mass is 9.97. The zero-order valence-corrected chi connectivity index (χ0v) is 12.3. The van der Waals surface area contributed by atoms with Crippen LogP contribution in [0.15, 0.2) is 22.7 Å². The van der Waals surface area contributed by atoms with Crippen molar-refractivity contribution in [3.63, 3.8) is 0 Å². The van der Waals surface area contributed by atoms with E-state index in [0.29, 0.717) is 12.0 Å². The summed E-state index contributed by atoms with van der Waals surface area (Å²) in [5.41, 5.74) is 0.810. The normalized spacial score (nSPS) is 13.1. The summed E-state index contributed by atoms with van der Waals surface area (Å²) in [5.74, 6) is 0.389. The summed E-state index contributed by atoms with van der Waals surface area (Å²) < 4.78 is 14.4. The second-order valence-corrected chi connectivity index (χ2v) is 5.86. The van der Waals surface area contributed by atoms with Crippen LogP contribution in [0.4, 0.5) is 4.39 Å². The SMILES string of the molecule is CC(CCNC(C)C)Cc1ccc(Br)cc1F. The van der Waals surface area contributed by atoms with E-state index in [1.807, 2.05) is 12.1 Å². The van der Waals surface area contributed by atoms with E-state index in [0.717, 1.165) is 29.4 Å². The molecule has 0 saturated heterocycles. The van der Waals surface area contributed by atoms with E-state index in [4.69, 9.17) is 0 Å². The van der Waals surface area contributed by atoms with Gasteiger partial charge in [0.15, 0.2) is 0 Å². The molecule has 0 aliphatic heterocycles. The number of rotatable bonds is 6. The molecule has 0 aliphatic rings. The van der Waals surface area contributed by atoms with Crippen LogP contribution in [-0.2, 0) is 6.42 Å². The van der Waals surface area contributed by atoms with Crippen LogP contribution in [0.3, 0.4) is 0 Å². The maximum Gasteiger partial charge on any atom is 0.127 e. The molecule has 0 radical (unpaired) electrons. The first-order chi connectivity index (χ1) is 7.99. The molecule has 0 aromatic heterocycles. The molecule has 1 aromatic rings. The fourth-order valence-electron chi connectivity index (χ4n) is 1.78. The molecule has 1 aromatic carbocycles. The first-order valence-corrected chi connectivity index (χ1v) is 6.95. The second kappa shape index (κ2) is 7.12. The Morgan fingerprint density at radius 2 is 2.00 bits per heavy atom. The summed E-state index contributed by atoms with van der Waals surface area (Å²) >= 11 is 3.27. The van der Waals surface area contributed by atoms with E-state index in [1.165, 1.54) is 6.07 Å². The molecule has 0 amide bonds. The van der Waals surface area contributed by atoms with Crippen molar-refractivity contribution < 1.29 is 4.39 Å². The molecule has 1 nitrogen and oxygen atoms in total. The lowest BCUT2D eigenvalue weighted by molar-refractivity contribution is 0.468. The summed E-state index contributed by atoms with van der Waals surface area (Å²) in [6.07, 6.45) is 1.88. The van der Waals surface area contributed by atoms with E-state index >= 15 is 0 Å². The largest absolute Gasteiger partial charge is 0.315 e. The summed E-state index contributed by atoms with van der Waals surface area (Å²) in [6, 6.07) is 5.82. The van der Waals surface area contributed by atoms with Crippen molar-refractivity contribution in [3.8, 4) is 0 Å². The highest BCUT2D eigenvalue weighted by atomic mass is 79.9. The average Bonchev–Trinajstić information content (AvgIpc) is 2.21. The van der Waals surface area contributed by atoms with Gasteiger partial charge in [-0.05, 0) is 43.0 Å². The third-order valence-corrected chi connectivity index (χ3v) is 3.27. The molecule has 0 spiro atoms. The van der Waals surface area contributed by atoms with Gasteiger partial charge in [0.25, 0.3) is 0 Å². The van der Waals surface area contributed by atoms with Crippen molar-refractivity contribution in [2.24, 2.45) is 5.92 Å². The smallest absolute Gasteiger partial charge is 0.127 e. The lowest BCUT2D eigenvalue weighted by Crippen LogP contribution is -2.25. The number of hydrogen-bond donors (Lipinski definition) is 1. The molecular formula is C14H21BrFN. The predicted octanol–water partition coefficient (Wildman–Crippen LogP) is 4.15. The topological polar surface area (TPSA) is 12.0 Å². The summed E-state index contributed by atoms with van der Waals surface area (Å²) in [7, 11) is 0. The number of halogens is 2. The van der Waals surface area contributed by atoms with Gasteiger partial charge in [-0.2, -0.15) is 0 Å². The average molecular weight is 302 g/mol. The van der Waals surface area contributed by atoms with Gasteiger partial charge in [0.2, 0.25) is 0 Å². The zero-order chi connectivity index (χ0) is 12.8. The molecule has 3 heteroatoms. The Bertz CT molecular complexity index is 352. The third-order valence-electron chi connectivity index (χ3n) is 2.77. The van der Waals surface area contributed by atoms with Crippen LogP contribution in [0.25, 0.3) is 0 Å². The van der Waals surface area contributed by atoms with Gasteiger partial charge in [0.05, 0.1) is 0 Å². The molecule has 1 rings (SSSR count). The molecular weight excluding hydrogens is 281 g/mol. The van der Waals surface area contributed by atoms with E-state index in [-0.39, 0.29) is 5.82 Å². The molecule has 17 heavy (non-hydrogen) atoms. The Balaban J connectivity index is 2.42. The van der Waals surface area contributed by atoms with Crippen molar-refractivity contribution in [1.29, 1.82) is 0 Å². The van der Waals surface area contributed by atoms with Crippen molar-refractivity contribution >= 4 is 15.9 Å². The van der Waals surface area contributed by atoms with Crippen LogP contribution in [0.2, 0.25) is 0 Å². The molecule has 0 bridgehead atoms. The molecule has 0 fully saturated rings. The number of hydrogen-bond acceptors (Lipinski definition) is 1. The summed E-state index contributed by atoms with van der Waals surface area (Å²) in [5, 5.41) is 3.38. The fourth-order valence-corrected chi connectivity index (χ4v) is 2.12. The van der Waals surface area contributed by atoms with Crippen LogP contribution in [-0.4, -0.2) is 12.6 Å². The Labute approximate surface area is 112 Å². The Hall–Kier alpha value is -0.410. The van der Waals surface area contributed by atoms with Crippen LogP contribution in [0.5, 0.6) is 0 Å². The zero-order valence-electron chi connectivity index (χ0n) is 10.8. The Morgan fingerprint density at radius 1 is 1.29 bits per heavy atom. The van der Waals surface area contributed by atoms with Gasteiger partial charge < -0.3 is 5.32 Å². The molecule has 1 N–H and O–H groups in total. The van der Waals surface area contributed by atoms with Gasteiger partial charge in [0, 0.05) is 10.5 Å². The van der Waals surface area contributed by atoms with Crippen LogP contribution in [0.1, 0.15) is 32.8 Å². The van der Waals surface area contributed by atoms with Gasteiger partial charge in [-0.3, -0.25) is 0 Å². The number of benzene rings is 1. The van der Waals surface area contributed by atoms with Gasteiger partial charge in [0.1, 0.15) is 5.82 Å². The molecule has 1 unspecified atom stereocenters. The predicted molar refractivity (Wildman–Crippen MR) is 74.7 cm³/mol. The molecule has 96 valence electrons. The monoisotopic (exact) mass is 301 g/mol.